The van der Waals surface area contributed by atoms with E-state index in [1.807, 2.05) is 6.08 Å². The minimum atomic E-state index is -0.351. The summed E-state index contributed by atoms with van der Waals surface area (Å²) in [5.74, 6) is 0.840. The highest BCUT2D eigenvalue weighted by molar-refractivity contribution is 5.78. The summed E-state index contributed by atoms with van der Waals surface area (Å²) in [4.78, 5) is 26.8. The highest BCUT2D eigenvalue weighted by Gasteiger charge is 2.44. The van der Waals surface area contributed by atoms with E-state index < -0.39 is 0 Å². The van der Waals surface area contributed by atoms with Gasteiger partial charge in [0.1, 0.15) is 0 Å². The standard InChI is InChI=1S/C30H31NO2/c1-20-14-15-26-25(17-20)30(3,16-8-13-22-9-4-5-10-22)27(18-24-21(2)28(32)29(24)33)31(26)19-23-11-6-7-12-23/h4-7,9-12,14-15,17-18,22-23H,8,13,16,19H2,1-3H3/b27-18+. The molecule has 2 aromatic carbocycles. The number of aryl methyl sites for hydroxylation is 1. The second-order valence-corrected chi connectivity index (χ2v) is 9.95. The lowest BCUT2D eigenvalue weighted by Crippen LogP contribution is -2.38. The van der Waals surface area contributed by atoms with Gasteiger partial charge in [0.15, 0.2) is 0 Å². The Morgan fingerprint density at radius 2 is 1.61 bits per heavy atom. The van der Waals surface area contributed by atoms with Gasteiger partial charge in [-0.3, -0.25) is 9.59 Å². The second-order valence-electron chi connectivity index (χ2n) is 9.95. The highest BCUT2D eigenvalue weighted by Crippen LogP contribution is 2.52. The van der Waals surface area contributed by atoms with Crippen molar-refractivity contribution < 1.29 is 0 Å². The first-order chi connectivity index (χ1) is 15.9. The van der Waals surface area contributed by atoms with Gasteiger partial charge in [-0.15, -0.1) is 0 Å². The van der Waals surface area contributed by atoms with E-state index in [4.69, 9.17) is 0 Å². The Morgan fingerprint density at radius 1 is 0.939 bits per heavy atom. The molecule has 1 heterocycles. The van der Waals surface area contributed by atoms with Gasteiger partial charge in [0.2, 0.25) is 10.9 Å². The van der Waals surface area contributed by atoms with Crippen LogP contribution in [0.15, 0.2) is 82.1 Å². The number of benzene rings is 1. The van der Waals surface area contributed by atoms with E-state index in [-0.39, 0.29) is 16.3 Å². The topological polar surface area (TPSA) is 37.4 Å². The molecule has 168 valence electrons. The van der Waals surface area contributed by atoms with E-state index in [1.54, 1.807) is 6.92 Å². The van der Waals surface area contributed by atoms with Crippen LogP contribution in [0.25, 0.3) is 6.08 Å². The van der Waals surface area contributed by atoms with Crippen molar-refractivity contribution in [2.75, 3.05) is 11.4 Å². The van der Waals surface area contributed by atoms with Crippen LogP contribution in [-0.2, 0) is 5.41 Å². The van der Waals surface area contributed by atoms with Gasteiger partial charge in [-0.2, -0.15) is 0 Å². The fraction of sp³-hybridized carbons (Fsp3) is 0.333. The zero-order valence-corrected chi connectivity index (χ0v) is 19.7. The molecule has 33 heavy (non-hydrogen) atoms. The lowest BCUT2D eigenvalue weighted by Gasteiger charge is -2.32. The zero-order valence-electron chi connectivity index (χ0n) is 19.7. The number of anilines is 1. The smallest absolute Gasteiger partial charge is 0.233 e. The van der Waals surface area contributed by atoms with Gasteiger partial charge in [0, 0.05) is 40.4 Å². The van der Waals surface area contributed by atoms with Crippen molar-refractivity contribution in [2.24, 2.45) is 11.8 Å². The van der Waals surface area contributed by atoms with Gasteiger partial charge in [0.25, 0.3) is 0 Å². The van der Waals surface area contributed by atoms with Crippen molar-refractivity contribution >= 4 is 11.8 Å². The first-order valence-corrected chi connectivity index (χ1v) is 12.0. The van der Waals surface area contributed by atoms with Crippen LogP contribution in [0.1, 0.15) is 48.4 Å². The molecular weight excluding hydrogens is 406 g/mol. The largest absolute Gasteiger partial charge is 0.343 e. The minimum absolute atomic E-state index is 0.217. The van der Waals surface area contributed by atoms with E-state index in [9.17, 15) is 9.59 Å². The van der Waals surface area contributed by atoms with E-state index in [1.165, 1.54) is 16.8 Å². The van der Waals surface area contributed by atoms with Gasteiger partial charge < -0.3 is 4.90 Å². The van der Waals surface area contributed by atoms with Crippen molar-refractivity contribution in [1.82, 2.24) is 0 Å². The minimum Gasteiger partial charge on any atom is -0.343 e. The molecule has 1 aliphatic heterocycles. The Balaban J connectivity index is 1.58. The van der Waals surface area contributed by atoms with Crippen LogP contribution >= 0.6 is 0 Å². The number of fused-ring (bicyclic) bond motifs is 1. The molecule has 3 aliphatic rings. The molecule has 5 rings (SSSR count). The van der Waals surface area contributed by atoms with Crippen LogP contribution in [0, 0.1) is 25.7 Å². The average molecular weight is 438 g/mol. The third-order valence-electron chi connectivity index (χ3n) is 7.63. The second kappa shape index (κ2) is 8.30. The Labute approximate surface area is 195 Å². The Bertz CT molecular complexity index is 1290. The highest BCUT2D eigenvalue weighted by atomic mass is 16.2. The summed E-state index contributed by atoms with van der Waals surface area (Å²) in [6.07, 6.45) is 22.7. The van der Waals surface area contributed by atoms with Crippen molar-refractivity contribution in [1.29, 1.82) is 0 Å². The van der Waals surface area contributed by atoms with Crippen molar-refractivity contribution in [3.63, 3.8) is 0 Å². The van der Waals surface area contributed by atoms with Crippen molar-refractivity contribution in [2.45, 2.75) is 45.4 Å². The van der Waals surface area contributed by atoms with E-state index in [0.717, 1.165) is 31.5 Å². The van der Waals surface area contributed by atoms with Gasteiger partial charge in [-0.1, -0.05) is 72.7 Å². The third kappa shape index (κ3) is 3.70. The number of hydrogen-bond donors (Lipinski definition) is 0. The molecular formula is C30H31NO2. The SMILES string of the molecule is Cc1ccc2c(c1)C(C)(CCCC1C=CC=C1)/C(=C\c1c(C)c(=O)c1=O)N2CC1C=CC=C1. The van der Waals surface area contributed by atoms with Crippen molar-refractivity contribution in [3.8, 4) is 0 Å². The molecule has 2 aliphatic carbocycles. The average Bonchev–Trinajstić information content (AvgIpc) is 3.55. The number of allylic oxidation sites excluding steroid dienone is 7. The molecule has 3 heteroatoms. The Hall–Kier alpha value is -3.20. The van der Waals surface area contributed by atoms with Gasteiger partial charge in [0.05, 0.1) is 0 Å². The lowest BCUT2D eigenvalue weighted by atomic mass is 9.75. The van der Waals surface area contributed by atoms with Crippen LogP contribution in [-0.4, -0.2) is 6.54 Å². The molecule has 3 nitrogen and oxygen atoms in total. The summed E-state index contributed by atoms with van der Waals surface area (Å²) in [5, 5.41) is 0. The predicted octanol–water partition coefficient (Wildman–Crippen LogP) is 5.67. The van der Waals surface area contributed by atoms with E-state index in [2.05, 4.69) is 85.6 Å². The summed E-state index contributed by atoms with van der Waals surface area (Å²) in [5.41, 5.74) is 5.19. The molecule has 0 amide bonds. The first kappa shape index (κ1) is 21.6. The van der Waals surface area contributed by atoms with Crippen LogP contribution in [0.3, 0.4) is 0 Å². The molecule has 0 fully saturated rings. The van der Waals surface area contributed by atoms with Crippen LogP contribution in [0.2, 0.25) is 0 Å². The molecule has 0 spiro atoms. The summed E-state index contributed by atoms with van der Waals surface area (Å²) in [6, 6.07) is 6.71. The van der Waals surface area contributed by atoms with Gasteiger partial charge in [-0.25, -0.2) is 0 Å². The summed E-state index contributed by atoms with van der Waals surface area (Å²) in [7, 11) is 0. The zero-order chi connectivity index (χ0) is 23.2. The first-order valence-electron chi connectivity index (χ1n) is 12.0. The van der Waals surface area contributed by atoms with Gasteiger partial charge >= 0.3 is 0 Å². The molecule has 0 saturated heterocycles. The number of nitrogens with zero attached hydrogens (tertiary/aromatic N) is 1. The molecule has 0 aromatic heterocycles. The van der Waals surface area contributed by atoms with Gasteiger partial charge in [-0.05, 0) is 57.2 Å². The maximum Gasteiger partial charge on any atom is 0.233 e. The molecule has 0 bridgehead atoms. The molecule has 1 atom stereocenters. The normalized spacial score (nSPS) is 23.1. The fourth-order valence-corrected chi connectivity index (χ4v) is 5.59. The fourth-order valence-electron chi connectivity index (χ4n) is 5.59. The summed E-state index contributed by atoms with van der Waals surface area (Å²) >= 11 is 0. The van der Waals surface area contributed by atoms with Crippen LogP contribution in [0.5, 0.6) is 0 Å². The number of hydrogen-bond acceptors (Lipinski definition) is 3. The van der Waals surface area contributed by atoms with E-state index >= 15 is 0 Å². The maximum atomic E-state index is 12.4. The van der Waals surface area contributed by atoms with Crippen LogP contribution < -0.4 is 15.8 Å². The Kier molecular flexibility index (Phi) is 5.44. The Morgan fingerprint density at radius 3 is 2.27 bits per heavy atom. The monoisotopic (exact) mass is 437 g/mol. The quantitative estimate of drug-likeness (QED) is 0.524. The van der Waals surface area contributed by atoms with Crippen LogP contribution in [0.4, 0.5) is 5.69 Å². The molecule has 0 radical (unpaired) electrons. The summed E-state index contributed by atoms with van der Waals surface area (Å²) in [6.45, 7) is 7.06. The maximum absolute atomic E-state index is 12.4. The number of rotatable bonds is 7. The lowest BCUT2D eigenvalue weighted by molar-refractivity contribution is 0.472. The predicted molar refractivity (Wildman–Crippen MR) is 137 cm³/mol. The van der Waals surface area contributed by atoms with E-state index in [0.29, 0.717) is 23.0 Å². The third-order valence-corrected chi connectivity index (χ3v) is 7.63. The summed E-state index contributed by atoms with van der Waals surface area (Å²) < 4.78 is 0. The van der Waals surface area contributed by atoms with Crippen molar-refractivity contribution in [3.05, 3.63) is 115 Å². The molecule has 2 aromatic rings. The molecule has 0 N–H and O–H groups in total. The molecule has 0 saturated carbocycles. The molecule has 1 unspecified atom stereocenters.